The number of aromatic nitrogens is 2. The molecule has 1 atom stereocenters. The van der Waals surface area contributed by atoms with Crippen molar-refractivity contribution in [3.63, 3.8) is 0 Å². The first-order valence-electron chi connectivity index (χ1n) is 13.0. The van der Waals surface area contributed by atoms with Crippen molar-refractivity contribution in [2.45, 2.75) is 59.0 Å². The molecule has 0 saturated carbocycles. The van der Waals surface area contributed by atoms with Gasteiger partial charge in [-0.1, -0.05) is 55.8 Å². The molecule has 0 fully saturated rings. The molecule has 0 spiro atoms. The number of aryl methyl sites for hydroxylation is 2. The molecule has 1 aliphatic rings. The Bertz CT molecular complexity index is 1540. The van der Waals surface area contributed by atoms with Gasteiger partial charge in [-0.3, -0.25) is 9.36 Å². The Morgan fingerprint density at radius 3 is 2.65 bits per heavy atom. The Morgan fingerprint density at radius 1 is 1.11 bits per heavy atom. The van der Waals surface area contributed by atoms with E-state index < -0.39 is 0 Å². The summed E-state index contributed by atoms with van der Waals surface area (Å²) >= 11 is 0. The Morgan fingerprint density at radius 2 is 1.89 bits per heavy atom. The molecular formula is C32H31N3O2. The van der Waals surface area contributed by atoms with E-state index in [4.69, 9.17) is 9.72 Å². The highest BCUT2D eigenvalue weighted by atomic mass is 16.5. The number of unbranched alkanes of at least 4 members (excludes halogenated alkanes) is 1. The third-order valence-electron chi connectivity index (χ3n) is 7.03. The molecule has 37 heavy (non-hydrogen) atoms. The lowest BCUT2D eigenvalue weighted by Crippen LogP contribution is -2.28. The van der Waals surface area contributed by atoms with Crippen molar-refractivity contribution in [3.8, 4) is 28.6 Å². The van der Waals surface area contributed by atoms with Crippen LogP contribution in [0.3, 0.4) is 0 Å². The van der Waals surface area contributed by atoms with Crippen LogP contribution in [0, 0.1) is 18.3 Å². The first-order valence-corrected chi connectivity index (χ1v) is 13.0. The summed E-state index contributed by atoms with van der Waals surface area (Å²) in [5.74, 6) is 1.60. The molecule has 1 aromatic heterocycles. The van der Waals surface area contributed by atoms with Crippen LogP contribution in [0.1, 0.15) is 60.5 Å². The lowest BCUT2D eigenvalue weighted by Gasteiger charge is -2.16. The van der Waals surface area contributed by atoms with Gasteiger partial charge in [0.1, 0.15) is 17.7 Å². The first-order chi connectivity index (χ1) is 18.0. The highest BCUT2D eigenvalue weighted by molar-refractivity contribution is 5.70. The van der Waals surface area contributed by atoms with E-state index in [0.29, 0.717) is 17.8 Å². The maximum Gasteiger partial charge on any atom is 0.261 e. The van der Waals surface area contributed by atoms with Crippen LogP contribution >= 0.6 is 0 Å². The van der Waals surface area contributed by atoms with Crippen LogP contribution in [0.15, 0.2) is 71.5 Å². The third kappa shape index (κ3) is 4.93. The van der Waals surface area contributed by atoms with E-state index in [1.807, 2.05) is 67.6 Å². The van der Waals surface area contributed by atoms with Crippen LogP contribution in [-0.2, 0) is 19.3 Å². The van der Waals surface area contributed by atoms with Crippen LogP contribution in [0.2, 0.25) is 0 Å². The highest BCUT2D eigenvalue weighted by Gasteiger charge is 2.21. The highest BCUT2D eigenvalue weighted by Crippen LogP contribution is 2.31. The molecule has 5 heteroatoms. The molecule has 0 N–H and O–H groups in total. The molecule has 0 aliphatic carbocycles. The van der Waals surface area contributed by atoms with E-state index in [2.05, 4.69) is 26.0 Å². The fourth-order valence-electron chi connectivity index (χ4n) is 5.14. The number of nitrogens with zero attached hydrogens (tertiary/aromatic N) is 3. The van der Waals surface area contributed by atoms with Crippen molar-refractivity contribution in [1.82, 2.24) is 9.55 Å². The van der Waals surface area contributed by atoms with E-state index in [1.54, 1.807) is 4.57 Å². The van der Waals surface area contributed by atoms with Gasteiger partial charge in [0.05, 0.1) is 23.0 Å². The lowest BCUT2D eigenvalue weighted by molar-refractivity contribution is 0.254. The Kier molecular flexibility index (Phi) is 6.92. The summed E-state index contributed by atoms with van der Waals surface area (Å²) in [5.41, 5.74) is 7.17. The van der Waals surface area contributed by atoms with Crippen molar-refractivity contribution in [2.75, 3.05) is 0 Å². The van der Waals surface area contributed by atoms with Gasteiger partial charge in [-0.25, -0.2) is 4.98 Å². The van der Waals surface area contributed by atoms with E-state index in [1.165, 1.54) is 0 Å². The summed E-state index contributed by atoms with van der Waals surface area (Å²) in [7, 11) is 0. The van der Waals surface area contributed by atoms with Crippen molar-refractivity contribution >= 4 is 0 Å². The van der Waals surface area contributed by atoms with Gasteiger partial charge in [0.25, 0.3) is 5.56 Å². The molecule has 4 aromatic rings. The monoisotopic (exact) mass is 489 g/mol. The van der Waals surface area contributed by atoms with E-state index >= 15 is 0 Å². The van der Waals surface area contributed by atoms with Crippen molar-refractivity contribution in [2.24, 2.45) is 0 Å². The zero-order valence-corrected chi connectivity index (χ0v) is 21.6. The van der Waals surface area contributed by atoms with Crippen molar-refractivity contribution in [1.29, 1.82) is 5.26 Å². The van der Waals surface area contributed by atoms with Gasteiger partial charge in [0.2, 0.25) is 0 Å². The van der Waals surface area contributed by atoms with Gasteiger partial charge in [-0.15, -0.1) is 0 Å². The summed E-state index contributed by atoms with van der Waals surface area (Å²) in [6.07, 6.45) is 4.31. The number of benzene rings is 3. The average molecular weight is 490 g/mol. The molecule has 186 valence electrons. The van der Waals surface area contributed by atoms with Crippen LogP contribution in [0.4, 0.5) is 0 Å². The number of nitriles is 1. The molecule has 1 unspecified atom stereocenters. The van der Waals surface area contributed by atoms with Gasteiger partial charge >= 0.3 is 0 Å². The first kappa shape index (κ1) is 24.5. The molecule has 5 rings (SSSR count). The zero-order chi connectivity index (χ0) is 25.9. The molecule has 2 heterocycles. The Labute approximate surface area is 218 Å². The smallest absolute Gasteiger partial charge is 0.261 e. The molecule has 0 amide bonds. The summed E-state index contributed by atoms with van der Waals surface area (Å²) in [6, 6.07) is 24.0. The summed E-state index contributed by atoms with van der Waals surface area (Å²) < 4.78 is 7.60. The minimum absolute atomic E-state index is 0.00980. The fraction of sp³-hybridized carbons (Fsp3) is 0.281. The summed E-state index contributed by atoms with van der Waals surface area (Å²) in [6.45, 7) is 6.12. The maximum absolute atomic E-state index is 14.0. The second kappa shape index (κ2) is 10.4. The van der Waals surface area contributed by atoms with Crippen LogP contribution in [0.25, 0.3) is 16.8 Å². The normalized spacial score (nSPS) is 14.2. The topological polar surface area (TPSA) is 67.9 Å². The van der Waals surface area contributed by atoms with Gasteiger partial charge in [0, 0.05) is 18.4 Å². The standard InChI is InChI=1S/C32H31N3O2/c1-4-5-10-30-29(18-23-11-13-24(14-12-23)28-9-7-6-8-25(28)20-33)32(36)35(22(3)34-30)27-15-16-31-26(19-27)17-21(2)37-31/h6-9,11-16,19,21H,4-5,10,17-18H2,1-3H3. The molecule has 1 aliphatic heterocycles. The zero-order valence-electron chi connectivity index (χ0n) is 21.6. The van der Waals surface area contributed by atoms with Crippen molar-refractivity contribution in [3.05, 3.63) is 111 Å². The van der Waals surface area contributed by atoms with E-state index in [-0.39, 0.29) is 11.7 Å². The number of hydrogen-bond donors (Lipinski definition) is 0. The van der Waals surface area contributed by atoms with Gasteiger partial charge in [0.15, 0.2) is 0 Å². The minimum atomic E-state index is -0.00980. The second-order valence-corrected chi connectivity index (χ2v) is 9.78. The van der Waals surface area contributed by atoms with Crippen LogP contribution in [0.5, 0.6) is 5.75 Å². The Hall–Kier alpha value is -4.17. The van der Waals surface area contributed by atoms with Crippen LogP contribution < -0.4 is 10.3 Å². The summed E-state index contributed by atoms with van der Waals surface area (Å²) in [4.78, 5) is 18.9. The SMILES string of the molecule is CCCCc1nc(C)n(-c2ccc3c(c2)CC(C)O3)c(=O)c1Cc1ccc(-c2ccccc2C#N)cc1. The largest absolute Gasteiger partial charge is 0.490 e. The second-order valence-electron chi connectivity index (χ2n) is 9.78. The quantitative estimate of drug-likeness (QED) is 0.304. The number of hydrogen-bond acceptors (Lipinski definition) is 4. The predicted octanol–water partition coefficient (Wildman–Crippen LogP) is 6.34. The number of rotatable bonds is 7. The van der Waals surface area contributed by atoms with E-state index in [9.17, 15) is 10.1 Å². The fourth-order valence-corrected chi connectivity index (χ4v) is 5.14. The van der Waals surface area contributed by atoms with Gasteiger partial charge < -0.3 is 4.74 Å². The molecular weight excluding hydrogens is 458 g/mol. The molecule has 3 aromatic carbocycles. The molecule has 0 bridgehead atoms. The lowest BCUT2D eigenvalue weighted by atomic mass is 9.96. The molecule has 0 radical (unpaired) electrons. The minimum Gasteiger partial charge on any atom is -0.490 e. The van der Waals surface area contributed by atoms with E-state index in [0.717, 1.165) is 70.6 Å². The Balaban J connectivity index is 1.53. The predicted molar refractivity (Wildman–Crippen MR) is 146 cm³/mol. The third-order valence-corrected chi connectivity index (χ3v) is 7.03. The molecule has 5 nitrogen and oxygen atoms in total. The number of ether oxygens (including phenoxy) is 1. The van der Waals surface area contributed by atoms with Crippen LogP contribution in [-0.4, -0.2) is 15.7 Å². The average Bonchev–Trinajstić information content (AvgIpc) is 3.29. The van der Waals surface area contributed by atoms with Crippen molar-refractivity contribution < 1.29 is 4.74 Å². The van der Waals surface area contributed by atoms with Gasteiger partial charge in [-0.2, -0.15) is 5.26 Å². The summed E-state index contributed by atoms with van der Waals surface area (Å²) in [5, 5.41) is 9.47. The molecule has 0 saturated heterocycles. The maximum atomic E-state index is 14.0. The number of fused-ring (bicyclic) bond motifs is 1. The van der Waals surface area contributed by atoms with Gasteiger partial charge in [-0.05, 0) is 73.2 Å².